The molecule has 0 unspecified atom stereocenters. The SMILES string of the molecule is Cc1ccc(CC(=O)COCC(F)(F)C(F)F)c(Cl)c1. The second-order valence-corrected chi connectivity index (χ2v) is 4.77. The highest BCUT2D eigenvalue weighted by Crippen LogP contribution is 2.23. The van der Waals surface area contributed by atoms with E-state index in [1.165, 1.54) is 0 Å². The summed E-state index contributed by atoms with van der Waals surface area (Å²) >= 11 is 5.91. The number of Topliss-reactive ketones (excluding diaryl/α,β-unsaturated/α-hetero) is 1. The summed E-state index contributed by atoms with van der Waals surface area (Å²) < 4.78 is 53.1. The molecule has 1 rings (SSSR count). The van der Waals surface area contributed by atoms with E-state index in [1.54, 1.807) is 18.2 Å². The first-order valence-corrected chi connectivity index (χ1v) is 6.10. The van der Waals surface area contributed by atoms with Crippen LogP contribution in [0.25, 0.3) is 0 Å². The predicted molar refractivity (Wildman–Crippen MR) is 66.7 cm³/mol. The lowest BCUT2D eigenvalue weighted by Gasteiger charge is -2.14. The lowest BCUT2D eigenvalue weighted by atomic mass is 10.1. The van der Waals surface area contributed by atoms with Gasteiger partial charge in [0.25, 0.3) is 0 Å². The Morgan fingerprint density at radius 2 is 2.05 bits per heavy atom. The molecule has 2 nitrogen and oxygen atoms in total. The number of carbonyl (C=O) groups excluding carboxylic acids is 1. The van der Waals surface area contributed by atoms with Gasteiger partial charge in [0.05, 0.1) is 0 Å². The lowest BCUT2D eigenvalue weighted by Crippen LogP contribution is -2.33. The molecule has 0 fully saturated rings. The standard InChI is InChI=1S/C13H13ClF4O2/c1-8-2-3-9(11(14)4-8)5-10(19)6-20-7-13(17,18)12(15)16/h2-4,12H,5-7H2,1H3. The molecule has 0 heterocycles. The third-order valence-corrected chi connectivity index (χ3v) is 2.82. The van der Waals surface area contributed by atoms with Crippen molar-refractivity contribution in [3.05, 3.63) is 34.3 Å². The number of hydrogen-bond donors (Lipinski definition) is 0. The van der Waals surface area contributed by atoms with Crippen LogP contribution >= 0.6 is 11.6 Å². The smallest absolute Gasteiger partial charge is 0.330 e. The third kappa shape index (κ3) is 5.09. The zero-order chi connectivity index (χ0) is 15.3. The molecular formula is C13H13ClF4O2. The van der Waals surface area contributed by atoms with E-state index in [0.29, 0.717) is 10.6 Å². The largest absolute Gasteiger partial charge is 0.367 e. The highest BCUT2D eigenvalue weighted by Gasteiger charge is 2.41. The van der Waals surface area contributed by atoms with Crippen LogP contribution in [-0.4, -0.2) is 31.3 Å². The van der Waals surface area contributed by atoms with Gasteiger partial charge in [-0.25, -0.2) is 8.78 Å². The summed E-state index contributed by atoms with van der Waals surface area (Å²) in [4.78, 5) is 11.5. The molecule has 1 aromatic carbocycles. The molecule has 0 bridgehead atoms. The molecule has 0 saturated heterocycles. The van der Waals surface area contributed by atoms with Gasteiger partial charge in [-0.15, -0.1) is 0 Å². The van der Waals surface area contributed by atoms with Gasteiger partial charge in [0.2, 0.25) is 0 Å². The molecule has 1 aromatic rings. The first-order valence-electron chi connectivity index (χ1n) is 5.73. The molecule has 0 aliphatic carbocycles. The topological polar surface area (TPSA) is 26.3 Å². The number of alkyl halides is 4. The predicted octanol–water partition coefficient (Wildman–Crippen LogP) is 3.68. The number of ketones is 1. The number of carbonyl (C=O) groups is 1. The molecule has 7 heteroatoms. The number of ether oxygens (including phenoxy) is 1. The first kappa shape index (κ1) is 16.9. The molecule has 0 aliphatic heterocycles. The van der Waals surface area contributed by atoms with Crippen LogP contribution in [0.1, 0.15) is 11.1 Å². The van der Waals surface area contributed by atoms with E-state index in [2.05, 4.69) is 4.74 Å². The van der Waals surface area contributed by atoms with Crippen LogP contribution < -0.4 is 0 Å². The number of rotatable bonds is 7. The summed E-state index contributed by atoms with van der Waals surface area (Å²) in [5.41, 5.74) is 1.45. The van der Waals surface area contributed by atoms with Crippen molar-refractivity contribution in [2.24, 2.45) is 0 Å². The van der Waals surface area contributed by atoms with Crippen molar-refractivity contribution in [2.45, 2.75) is 25.7 Å². The van der Waals surface area contributed by atoms with Crippen molar-refractivity contribution in [2.75, 3.05) is 13.2 Å². The molecule has 0 radical (unpaired) electrons. The van der Waals surface area contributed by atoms with E-state index in [1.807, 2.05) is 6.92 Å². The van der Waals surface area contributed by atoms with E-state index < -0.39 is 31.3 Å². The maximum absolute atomic E-state index is 12.5. The highest BCUT2D eigenvalue weighted by atomic mass is 35.5. The fourth-order valence-corrected chi connectivity index (χ4v) is 1.73. The van der Waals surface area contributed by atoms with E-state index in [-0.39, 0.29) is 6.42 Å². The maximum Gasteiger partial charge on any atom is 0.330 e. The van der Waals surface area contributed by atoms with Crippen molar-refractivity contribution < 1.29 is 27.1 Å². The zero-order valence-electron chi connectivity index (χ0n) is 10.6. The van der Waals surface area contributed by atoms with E-state index in [4.69, 9.17) is 11.6 Å². The fourth-order valence-electron chi connectivity index (χ4n) is 1.42. The molecule has 20 heavy (non-hydrogen) atoms. The Bertz CT molecular complexity index is 477. The normalized spacial score (nSPS) is 11.9. The van der Waals surface area contributed by atoms with Crippen LogP contribution in [-0.2, 0) is 16.0 Å². The van der Waals surface area contributed by atoms with Gasteiger partial charge >= 0.3 is 12.3 Å². The average molecular weight is 313 g/mol. The second kappa shape index (κ2) is 7.04. The van der Waals surface area contributed by atoms with Gasteiger partial charge in [-0.1, -0.05) is 23.7 Å². The molecular weight excluding hydrogens is 300 g/mol. The molecule has 0 aromatic heterocycles. The summed E-state index contributed by atoms with van der Waals surface area (Å²) in [7, 11) is 0. The van der Waals surface area contributed by atoms with Crippen molar-refractivity contribution in [1.29, 1.82) is 0 Å². The van der Waals surface area contributed by atoms with E-state index in [0.717, 1.165) is 5.56 Å². The number of hydrogen-bond acceptors (Lipinski definition) is 2. The molecule has 0 atom stereocenters. The molecule has 0 spiro atoms. The zero-order valence-corrected chi connectivity index (χ0v) is 11.4. The van der Waals surface area contributed by atoms with Gasteiger partial charge in [-0.05, 0) is 24.1 Å². The van der Waals surface area contributed by atoms with Gasteiger partial charge in [-0.2, -0.15) is 8.78 Å². The Kier molecular flexibility index (Phi) is 5.95. The van der Waals surface area contributed by atoms with Crippen LogP contribution in [0.15, 0.2) is 18.2 Å². The van der Waals surface area contributed by atoms with Gasteiger partial charge < -0.3 is 4.74 Å². The Morgan fingerprint density at radius 1 is 1.40 bits per heavy atom. The number of aryl methyl sites for hydroxylation is 1. The van der Waals surface area contributed by atoms with Crippen molar-refractivity contribution in [3.8, 4) is 0 Å². The van der Waals surface area contributed by atoms with Crippen LogP contribution in [0, 0.1) is 6.92 Å². The summed E-state index contributed by atoms with van der Waals surface area (Å²) in [5, 5.41) is 0.385. The Balaban J connectivity index is 2.45. The Labute approximate surface area is 118 Å². The van der Waals surface area contributed by atoms with Crippen LogP contribution in [0.2, 0.25) is 5.02 Å². The minimum atomic E-state index is -4.25. The molecule has 0 saturated carbocycles. The van der Waals surface area contributed by atoms with Crippen molar-refractivity contribution in [1.82, 2.24) is 0 Å². The minimum absolute atomic E-state index is 0.0979. The Morgan fingerprint density at radius 3 is 2.60 bits per heavy atom. The fraction of sp³-hybridized carbons (Fsp3) is 0.462. The Hall–Kier alpha value is -1.14. The summed E-state index contributed by atoms with van der Waals surface area (Å²) in [5.74, 6) is -4.76. The van der Waals surface area contributed by atoms with Gasteiger partial charge in [0, 0.05) is 11.4 Å². The second-order valence-electron chi connectivity index (χ2n) is 4.36. The summed E-state index contributed by atoms with van der Waals surface area (Å²) in [6.45, 7) is -0.322. The minimum Gasteiger partial charge on any atom is -0.367 e. The summed E-state index contributed by atoms with van der Waals surface area (Å²) in [6.07, 6.45) is -3.91. The molecule has 0 N–H and O–H groups in total. The third-order valence-electron chi connectivity index (χ3n) is 2.47. The van der Waals surface area contributed by atoms with Crippen molar-refractivity contribution >= 4 is 17.4 Å². The monoisotopic (exact) mass is 312 g/mol. The van der Waals surface area contributed by atoms with E-state index >= 15 is 0 Å². The number of halogens is 5. The average Bonchev–Trinajstić information content (AvgIpc) is 2.32. The van der Waals surface area contributed by atoms with Gasteiger partial charge in [0.1, 0.15) is 13.2 Å². The quantitative estimate of drug-likeness (QED) is 0.718. The van der Waals surface area contributed by atoms with Crippen LogP contribution in [0.4, 0.5) is 17.6 Å². The molecule has 112 valence electrons. The molecule has 0 amide bonds. The maximum atomic E-state index is 12.5. The van der Waals surface area contributed by atoms with Gasteiger partial charge in [0.15, 0.2) is 5.78 Å². The lowest BCUT2D eigenvalue weighted by molar-refractivity contribution is -0.168. The van der Waals surface area contributed by atoms with Crippen LogP contribution in [0.3, 0.4) is 0 Å². The first-order chi connectivity index (χ1) is 9.22. The van der Waals surface area contributed by atoms with Crippen molar-refractivity contribution in [3.63, 3.8) is 0 Å². The highest BCUT2D eigenvalue weighted by molar-refractivity contribution is 6.31. The van der Waals surface area contributed by atoms with Gasteiger partial charge in [-0.3, -0.25) is 4.79 Å². The number of benzene rings is 1. The van der Waals surface area contributed by atoms with E-state index in [9.17, 15) is 22.4 Å². The van der Waals surface area contributed by atoms with Crippen LogP contribution in [0.5, 0.6) is 0 Å². The molecule has 0 aliphatic rings. The summed E-state index contributed by atoms with van der Waals surface area (Å²) in [6, 6.07) is 5.06.